The summed E-state index contributed by atoms with van der Waals surface area (Å²) in [6, 6.07) is 6.89. The van der Waals surface area contributed by atoms with Gasteiger partial charge >= 0.3 is 0 Å². The predicted molar refractivity (Wildman–Crippen MR) is 70.5 cm³/mol. The Bertz CT molecular complexity index is 490. The fraction of sp³-hybridized carbons (Fsp3) is 0.385. The molecule has 0 radical (unpaired) electrons. The number of para-hydroxylation sites is 2. The lowest BCUT2D eigenvalue weighted by Gasteiger charge is -2.31. The maximum atomic E-state index is 11.5. The molecule has 3 N–H and O–H groups in total. The van der Waals surface area contributed by atoms with Gasteiger partial charge in [-0.25, -0.2) is 0 Å². The molecule has 1 aliphatic rings. The molecular weight excluding hydrogens is 246 g/mol. The third-order valence-electron chi connectivity index (χ3n) is 3.09. The van der Waals surface area contributed by atoms with Gasteiger partial charge < -0.3 is 10.5 Å². The highest BCUT2D eigenvalue weighted by atomic mass is 16.5. The highest BCUT2D eigenvalue weighted by Crippen LogP contribution is 2.19. The van der Waals surface area contributed by atoms with E-state index in [1.54, 1.807) is 24.0 Å². The van der Waals surface area contributed by atoms with Crippen LogP contribution in [-0.4, -0.2) is 42.5 Å². The number of anilines is 1. The summed E-state index contributed by atoms with van der Waals surface area (Å²) < 4.78 is 5.55. The molecule has 0 bridgehead atoms. The van der Waals surface area contributed by atoms with Crippen molar-refractivity contribution < 1.29 is 14.3 Å². The number of nitrogens with one attached hydrogen (secondary N) is 1. The third kappa shape index (κ3) is 3.23. The van der Waals surface area contributed by atoms with Crippen molar-refractivity contribution in [1.82, 2.24) is 10.2 Å². The van der Waals surface area contributed by atoms with Crippen LogP contribution in [0.15, 0.2) is 24.3 Å². The van der Waals surface area contributed by atoms with E-state index in [-0.39, 0.29) is 24.4 Å². The molecule has 1 aliphatic heterocycles. The Balaban J connectivity index is 1.87. The summed E-state index contributed by atoms with van der Waals surface area (Å²) in [6.07, 6.45) is 0. The number of benzene rings is 1. The van der Waals surface area contributed by atoms with E-state index in [9.17, 15) is 9.59 Å². The van der Waals surface area contributed by atoms with Crippen LogP contribution >= 0.6 is 0 Å². The number of nitrogens with zero attached hydrogens (tertiary/aromatic N) is 1. The van der Waals surface area contributed by atoms with E-state index in [0.29, 0.717) is 24.6 Å². The summed E-state index contributed by atoms with van der Waals surface area (Å²) in [5, 5.41) is 2.30. The summed E-state index contributed by atoms with van der Waals surface area (Å²) in [5.41, 5.74) is 6.33. The summed E-state index contributed by atoms with van der Waals surface area (Å²) in [5.74, 6) is 0.0701. The van der Waals surface area contributed by atoms with Crippen LogP contribution in [0.1, 0.15) is 6.92 Å². The van der Waals surface area contributed by atoms with Crippen molar-refractivity contribution in [3.05, 3.63) is 24.3 Å². The average molecular weight is 263 g/mol. The quantitative estimate of drug-likeness (QED) is 0.590. The Kier molecular flexibility index (Phi) is 4.01. The molecule has 1 aromatic carbocycles. The number of carbonyl (C=O) groups excluding carboxylic acids is 2. The van der Waals surface area contributed by atoms with Gasteiger partial charge in [-0.1, -0.05) is 12.1 Å². The monoisotopic (exact) mass is 263 g/mol. The normalized spacial score (nSPS) is 20.2. The lowest BCUT2D eigenvalue weighted by Crippen LogP contribution is -2.57. The van der Waals surface area contributed by atoms with Crippen LogP contribution in [-0.2, 0) is 9.59 Å². The SMILES string of the molecule is CC1C(=O)NC(=O)CN1CCOc1ccccc1N. The van der Waals surface area contributed by atoms with E-state index < -0.39 is 0 Å². The zero-order chi connectivity index (χ0) is 13.8. The van der Waals surface area contributed by atoms with Crippen molar-refractivity contribution in [2.45, 2.75) is 13.0 Å². The van der Waals surface area contributed by atoms with Gasteiger partial charge in [0.1, 0.15) is 12.4 Å². The molecule has 1 aromatic rings. The van der Waals surface area contributed by atoms with E-state index in [1.807, 2.05) is 12.1 Å². The minimum Gasteiger partial charge on any atom is -0.490 e. The molecule has 1 saturated heterocycles. The molecule has 6 nitrogen and oxygen atoms in total. The Labute approximate surface area is 111 Å². The first-order chi connectivity index (χ1) is 9.08. The van der Waals surface area contributed by atoms with Gasteiger partial charge in [0, 0.05) is 6.54 Å². The summed E-state index contributed by atoms with van der Waals surface area (Å²) in [4.78, 5) is 24.5. The first-order valence-corrected chi connectivity index (χ1v) is 6.13. The van der Waals surface area contributed by atoms with Crippen molar-refractivity contribution in [2.75, 3.05) is 25.4 Å². The highest BCUT2D eigenvalue weighted by Gasteiger charge is 2.29. The summed E-state index contributed by atoms with van der Waals surface area (Å²) in [7, 11) is 0. The van der Waals surface area contributed by atoms with Crippen LogP contribution in [0, 0.1) is 0 Å². The van der Waals surface area contributed by atoms with Crippen LogP contribution in [0.2, 0.25) is 0 Å². The predicted octanol–water partition coefficient (Wildman–Crippen LogP) is -0.00550. The second kappa shape index (κ2) is 5.71. The van der Waals surface area contributed by atoms with Gasteiger partial charge in [-0.15, -0.1) is 0 Å². The standard InChI is InChI=1S/C13H17N3O3/c1-9-13(18)15-12(17)8-16(9)6-7-19-11-5-3-2-4-10(11)14/h2-5,9H,6-8,14H2,1H3,(H,15,17,18). The van der Waals surface area contributed by atoms with Gasteiger partial charge in [-0.05, 0) is 19.1 Å². The molecule has 1 atom stereocenters. The number of nitrogens with two attached hydrogens (primary N) is 1. The Morgan fingerprint density at radius 3 is 2.89 bits per heavy atom. The first-order valence-electron chi connectivity index (χ1n) is 6.13. The molecule has 19 heavy (non-hydrogen) atoms. The topological polar surface area (TPSA) is 84.7 Å². The molecule has 6 heteroatoms. The third-order valence-corrected chi connectivity index (χ3v) is 3.09. The molecule has 1 heterocycles. The summed E-state index contributed by atoms with van der Waals surface area (Å²) >= 11 is 0. The number of carbonyl (C=O) groups is 2. The van der Waals surface area contributed by atoms with E-state index in [1.165, 1.54) is 0 Å². The molecule has 0 spiro atoms. The highest BCUT2D eigenvalue weighted by molar-refractivity contribution is 6.00. The lowest BCUT2D eigenvalue weighted by molar-refractivity contribution is -0.139. The Morgan fingerprint density at radius 2 is 2.16 bits per heavy atom. The molecule has 0 aliphatic carbocycles. The largest absolute Gasteiger partial charge is 0.490 e. The minimum absolute atomic E-state index is 0.209. The maximum Gasteiger partial charge on any atom is 0.243 e. The number of amides is 2. The fourth-order valence-corrected chi connectivity index (χ4v) is 1.93. The number of rotatable bonds is 4. The van der Waals surface area contributed by atoms with Gasteiger partial charge in [-0.2, -0.15) is 0 Å². The average Bonchev–Trinajstić information content (AvgIpc) is 2.37. The molecule has 2 amide bonds. The van der Waals surface area contributed by atoms with Crippen LogP contribution < -0.4 is 15.8 Å². The van der Waals surface area contributed by atoms with Crippen LogP contribution in [0.5, 0.6) is 5.75 Å². The first kappa shape index (κ1) is 13.4. The van der Waals surface area contributed by atoms with Crippen LogP contribution in [0.4, 0.5) is 5.69 Å². The molecule has 102 valence electrons. The fourth-order valence-electron chi connectivity index (χ4n) is 1.93. The van der Waals surface area contributed by atoms with Crippen molar-refractivity contribution in [3.63, 3.8) is 0 Å². The second-order valence-electron chi connectivity index (χ2n) is 4.45. The van der Waals surface area contributed by atoms with E-state index >= 15 is 0 Å². The summed E-state index contributed by atoms with van der Waals surface area (Å²) in [6.45, 7) is 2.84. The zero-order valence-corrected chi connectivity index (χ0v) is 10.8. The number of nitrogen functional groups attached to an aromatic ring is 1. The van der Waals surface area contributed by atoms with E-state index in [0.717, 1.165) is 0 Å². The number of hydrogen-bond acceptors (Lipinski definition) is 5. The Hall–Kier alpha value is -2.08. The van der Waals surface area contributed by atoms with Crippen molar-refractivity contribution >= 4 is 17.5 Å². The van der Waals surface area contributed by atoms with Crippen LogP contribution in [0.3, 0.4) is 0 Å². The number of hydrogen-bond donors (Lipinski definition) is 2. The van der Waals surface area contributed by atoms with Gasteiger partial charge in [0.05, 0.1) is 18.3 Å². The molecule has 1 unspecified atom stereocenters. The van der Waals surface area contributed by atoms with Gasteiger partial charge in [-0.3, -0.25) is 19.8 Å². The van der Waals surface area contributed by atoms with Crippen molar-refractivity contribution in [1.29, 1.82) is 0 Å². The van der Waals surface area contributed by atoms with Gasteiger partial charge in [0.15, 0.2) is 0 Å². The molecule has 0 aromatic heterocycles. The number of imide groups is 1. The molecule has 2 rings (SSSR count). The zero-order valence-electron chi connectivity index (χ0n) is 10.8. The molecule has 0 saturated carbocycles. The van der Waals surface area contributed by atoms with Gasteiger partial charge in [0.25, 0.3) is 0 Å². The van der Waals surface area contributed by atoms with Crippen LogP contribution in [0.25, 0.3) is 0 Å². The second-order valence-corrected chi connectivity index (χ2v) is 4.45. The molecule has 1 fully saturated rings. The maximum absolute atomic E-state index is 11.5. The number of piperazine rings is 1. The molecular formula is C13H17N3O3. The van der Waals surface area contributed by atoms with Crippen molar-refractivity contribution in [3.8, 4) is 5.75 Å². The number of ether oxygens (including phenoxy) is 1. The van der Waals surface area contributed by atoms with Crippen molar-refractivity contribution in [2.24, 2.45) is 0 Å². The Morgan fingerprint density at radius 1 is 1.42 bits per heavy atom. The van der Waals surface area contributed by atoms with E-state index in [4.69, 9.17) is 10.5 Å². The lowest BCUT2D eigenvalue weighted by atomic mass is 10.2. The van der Waals surface area contributed by atoms with Gasteiger partial charge in [0.2, 0.25) is 11.8 Å². The van der Waals surface area contributed by atoms with E-state index in [2.05, 4.69) is 5.32 Å². The smallest absolute Gasteiger partial charge is 0.243 e. The minimum atomic E-state index is -0.325.